The highest BCUT2D eigenvalue weighted by molar-refractivity contribution is 5.99. The summed E-state index contributed by atoms with van der Waals surface area (Å²) in [4.78, 5) is 45.0. The number of aliphatic hydroxyl groups excluding tert-OH is 1. The van der Waals surface area contributed by atoms with Gasteiger partial charge in [-0.3, -0.25) is 14.4 Å². The fourth-order valence-corrected chi connectivity index (χ4v) is 6.86. The molecule has 4 heterocycles. The van der Waals surface area contributed by atoms with E-state index >= 15 is 0 Å². The fraction of sp³-hybridized carbons (Fsp3) is 0.750. The third-order valence-electron chi connectivity index (χ3n) is 7.97. The van der Waals surface area contributed by atoms with Gasteiger partial charge in [-0.2, -0.15) is 0 Å². The van der Waals surface area contributed by atoms with Crippen molar-refractivity contribution in [3.8, 4) is 0 Å². The largest absolute Gasteiger partial charge is 0.465 e. The second kappa shape index (κ2) is 9.60. The molecule has 4 aliphatic rings. The number of amides is 2. The molecule has 2 fully saturated rings. The number of esters is 1. The molecule has 0 aromatic heterocycles. The molecule has 4 rings (SSSR count). The van der Waals surface area contributed by atoms with E-state index in [9.17, 15) is 19.5 Å². The van der Waals surface area contributed by atoms with Gasteiger partial charge in [0.1, 0.15) is 17.6 Å². The number of allylic oxidation sites excluding steroid dienone is 1. The van der Waals surface area contributed by atoms with E-state index in [1.54, 1.807) is 6.92 Å². The molecule has 0 aromatic carbocycles. The van der Waals surface area contributed by atoms with E-state index in [0.29, 0.717) is 13.2 Å². The predicted molar refractivity (Wildman–Crippen MR) is 135 cm³/mol. The molecule has 0 saturated carbocycles. The molecule has 0 aromatic rings. The summed E-state index contributed by atoms with van der Waals surface area (Å²) in [6.07, 6.45) is 10.2. The van der Waals surface area contributed by atoms with Crippen molar-refractivity contribution >= 4 is 17.8 Å². The molecule has 36 heavy (non-hydrogen) atoms. The number of ether oxygens (including phenoxy) is 2. The van der Waals surface area contributed by atoms with Crippen LogP contribution in [0.1, 0.15) is 67.2 Å². The van der Waals surface area contributed by atoms with Crippen molar-refractivity contribution in [2.24, 2.45) is 17.3 Å². The van der Waals surface area contributed by atoms with E-state index < -0.39 is 47.1 Å². The van der Waals surface area contributed by atoms with Crippen LogP contribution >= 0.6 is 0 Å². The molecule has 2 saturated heterocycles. The first kappa shape index (κ1) is 26.9. The van der Waals surface area contributed by atoms with Gasteiger partial charge in [-0.1, -0.05) is 45.1 Å². The van der Waals surface area contributed by atoms with Crippen molar-refractivity contribution in [3.63, 3.8) is 0 Å². The van der Waals surface area contributed by atoms with E-state index in [2.05, 4.69) is 20.8 Å². The average molecular weight is 503 g/mol. The Morgan fingerprint density at radius 1 is 1.11 bits per heavy atom. The van der Waals surface area contributed by atoms with Crippen LogP contribution in [0.3, 0.4) is 0 Å². The van der Waals surface area contributed by atoms with E-state index in [1.165, 1.54) is 4.90 Å². The predicted octanol–water partition coefficient (Wildman–Crippen LogP) is 2.84. The van der Waals surface area contributed by atoms with Crippen molar-refractivity contribution in [2.45, 2.75) is 96.6 Å². The van der Waals surface area contributed by atoms with Crippen LogP contribution in [0, 0.1) is 17.3 Å². The SMILES string of the molecule is C[C@H](CO)N1C(=O)[C@@H]2[C@@H]3C(=O)OCCCC/C=C\[C@@H]3O[C@@]23C=CCN(C(C)(C)CC(C)(C)C)C(=O)C13. The standard InChI is InChI=1S/C28H42N2O6/c1-18(16-31)30-22-24(33)29(27(5,6)17-26(2,3)4)14-11-13-28(22)21(23(30)32)20-19(36-28)12-9-7-8-10-15-35-25(20)34/h9,11-13,18-22,31H,7-8,10,14-17H2,1-6H3/b12-9-/t18-,19+,20-,21+,22?,28+/m1/s1. The lowest BCUT2D eigenvalue weighted by Gasteiger charge is -2.45. The second-order valence-corrected chi connectivity index (χ2v) is 12.6. The van der Waals surface area contributed by atoms with Crippen molar-refractivity contribution in [1.82, 2.24) is 9.80 Å². The van der Waals surface area contributed by atoms with Crippen molar-refractivity contribution in [3.05, 3.63) is 24.3 Å². The summed E-state index contributed by atoms with van der Waals surface area (Å²) in [7, 11) is 0. The maximum absolute atomic E-state index is 14.4. The van der Waals surface area contributed by atoms with Gasteiger partial charge in [-0.05, 0) is 51.9 Å². The van der Waals surface area contributed by atoms with E-state index in [-0.39, 0.29) is 23.8 Å². The number of cyclic esters (lactones) is 1. The van der Waals surface area contributed by atoms with Crippen molar-refractivity contribution in [2.75, 3.05) is 19.8 Å². The number of hydrogen-bond donors (Lipinski definition) is 1. The van der Waals surface area contributed by atoms with Crippen LogP contribution in [0.15, 0.2) is 24.3 Å². The first-order valence-corrected chi connectivity index (χ1v) is 13.3. The molecule has 1 spiro atoms. The molecular formula is C28H42N2O6. The first-order chi connectivity index (χ1) is 16.8. The zero-order valence-electron chi connectivity index (χ0n) is 22.5. The van der Waals surface area contributed by atoms with Crippen LogP contribution in [0.2, 0.25) is 0 Å². The van der Waals surface area contributed by atoms with Gasteiger partial charge < -0.3 is 24.4 Å². The quantitative estimate of drug-likeness (QED) is 0.469. The molecule has 2 amide bonds. The van der Waals surface area contributed by atoms with E-state index in [0.717, 1.165) is 25.7 Å². The van der Waals surface area contributed by atoms with Crippen LogP contribution in [0.25, 0.3) is 0 Å². The minimum absolute atomic E-state index is 0.0233. The average Bonchev–Trinajstić information content (AvgIpc) is 3.16. The summed E-state index contributed by atoms with van der Waals surface area (Å²) in [5.74, 6) is -2.77. The van der Waals surface area contributed by atoms with Crippen LogP contribution in [-0.4, -0.2) is 81.8 Å². The molecule has 1 unspecified atom stereocenters. The number of carbonyl (C=O) groups is 3. The number of likely N-dealkylation sites (tertiary alicyclic amines) is 1. The maximum atomic E-state index is 14.4. The number of fused-ring (bicyclic) bond motifs is 2. The fourth-order valence-electron chi connectivity index (χ4n) is 6.86. The van der Waals surface area contributed by atoms with Gasteiger partial charge in [0.25, 0.3) is 0 Å². The van der Waals surface area contributed by atoms with Crippen LogP contribution < -0.4 is 0 Å². The third kappa shape index (κ3) is 4.51. The van der Waals surface area contributed by atoms with E-state index in [4.69, 9.17) is 9.47 Å². The van der Waals surface area contributed by atoms with Crippen LogP contribution in [0.5, 0.6) is 0 Å². The van der Waals surface area contributed by atoms with Gasteiger partial charge in [-0.25, -0.2) is 0 Å². The van der Waals surface area contributed by atoms with Gasteiger partial charge in [0.2, 0.25) is 11.8 Å². The number of carbonyl (C=O) groups excluding carboxylic acids is 3. The zero-order valence-corrected chi connectivity index (χ0v) is 22.5. The Bertz CT molecular complexity index is 950. The van der Waals surface area contributed by atoms with Gasteiger partial charge in [0.15, 0.2) is 0 Å². The molecule has 1 N–H and O–H groups in total. The van der Waals surface area contributed by atoms with Gasteiger partial charge >= 0.3 is 5.97 Å². The molecule has 8 nitrogen and oxygen atoms in total. The maximum Gasteiger partial charge on any atom is 0.312 e. The molecule has 200 valence electrons. The topological polar surface area (TPSA) is 96.4 Å². The Hall–Kier alpha value is -2.19. The summed E-state index contributed by atoms with van der Waals surface area (Å²) in [6.45, 7) is 12.6. The lowest BCUT2D eigenvalue weighted by molar-refractivity contribution is -0.157. The first-order valence-electron chi connectivity index (χ1n) is 13.3. The Balaban J connectivity index is 1.82. The number of hydrogen-bond acceptors (Lipinski definition) is 6. The smallest absolute Gasteiger partial charge is 0.312 e. The van der Waals surface area contributed by atoms with Gasteiger partial charge in [0.05, 0.1) is 31.3 Å². The Morgan fingerprint density at radius 2 is 1.83 bits per heavy atom. The molecule has 0 bridgehead atoms. The highest BCUT2D eigenvalue weighted by Gasteiger charge is 2.72. The molecule has 4 aliphatic heterocycles. The lowest BCUT2D eigenvalue weighted by Crippen LogP contribution is -2.61. The molecule has 6 atom stereocenters. The normalized spacial score (nSPS) is 35.0. The Labute approximate surface area is 214 Å². The van der Waals surface area contributed by atoms with Gasteiger partial charge in [-0.15, -0.1) is 0 Å². The third-order valence-corrected chi connectivity index (χ3v) is 7.97. The Kier molecular flexibility index (Phi) is 7.16. The molecule has 0 aliphatic carbocycles. The monoisotopic (exact) mass is 502 g/mol. The molecule has 8 heteroatoms. The second-order valence-electron chi connectivity index (χ2n) is 12.6. The lowest BCUT2D eigenvalue weighted by atomic mass is 9.77. The zero-order chi connectivity index (χ0) is 26.5. The minimum Gasteiger partial charge on any atom is -0.465 e. The van der Waals surface area contributed by atoms with E-state index in [1.807, 2.05) is 43.1 Å². The number of rotatable bonds is 4. The van der Waals surface area contributed by atoms with Crippen LogP contribution in [-0.2, 0) is 23.9 Å². The van der Waals surface area contributed by atoms with Crippen LogP contribution in [0.4, 0.5) is 0 Å². The summed E-state index contributed by atoms with van der Waals surface area (Å²) in [6, 6.07) is -1.59. The Morgan fingerprint density at radius 3 is 2.50 bits per heavy atom. The molecular weight excluding hydrogens is 460 g/mol. The summed E-state index contributed by atoms with van der Waals surface area (Å²) in [5.41, 5.74) is -1.82. The highest BCUT2D eigenvalue weighted by atomic mass is 16.6. The number of aliphatic hydroxyl groups is 1. The number of nitrogens with zero attached hydrogens (tertiary/aromatic N) is 2. The summed E-state index contributed by atoms with van der Waals surface area (Å²) >= 11 is 0. The summed E-state index contributed by atoms with van der Waals surface area (Å²) < 4.78 is 12.2. The molecule has 0 radical (unpaired) electrons. The van der Waals surface area contributed by atoms with Crippen molar-refractivity contribution < 1.29 is 29.0 Å². The minimum atomic E-state index is -1.31. The summed E-state index contributed by atoms with van der Waals surface area (Å²) in [5, 5.41) is 10.1. The van der Waals surface area contributed by atoms with Gasteiger partial charge in [0, 0.05) is 12.1 Å². The van der Waals surface area contributed by atoms with Crippen molar-refractivity contribution in [1.29, 1.82) is 0 Å². The highest BCUT2D eigenvalue weighted by Crippen LogP contribution is 2.54.